The van der Waals surface area contributed by atoms with E-state index in [1.54, 1.807) is 33.9 Å². The Bertz CT molecular complexity index is 524. The van der Waals surface area contributed by atoms with Gasteiger partial charge in [-0.15, -0.1) is 10.2 Å². The average molecular weight is 310 g/mol. The third-order valence-corrected chi connectivity index (χ3v) is 2.90. The normalized spacial score (nSPS) is 15.4. The molecule has 0 unspecified atom stereocenters. The molecule has 8 heteroatoms. The largest absolute Gasteiger partial charge is 0.493 e. The van der Waals surface area contributed by atoms with Crippen LogP contribution in [-0.4, -0.2) is 55.3 Å². The van der Waals surface area contributed by atoms with Crippen molar-refractivity contribution in [1.82, 2.24) is 10.2 Å². The van der Waals surface area contributed by atoms with Crippen molar-refractivity contribution in [2.75, 3.05) is 43.6 Å². The van der Waals surface area contributed by atoms with Crippen molar-refractivity contribution in [2.45, 2.75) is 26.4 Å². The maximum absolute atomic E-state index is 11.7. The summed E-state index contributed by atoms with van der Waals surface area (Å²) in [4.78, 5) is 13.8. The Morgan fingerprint density at radius 1 is 1.32 bits per heavy atom. The maximum atomic E-state index is 11.7. The molecule has 1 saturated heterocycles. The monoisotopic (exact) mass is 310 g/mol. The zero-order chi connectivity index (χ0) is 16.2. The molecule has 1 N–H and O–H groups in total. The Morgan fingerprint density at radius 2 is 2.00 bits per heavy atom. The van der Waals surface area contributed by atoms with Gasteiger partial charge in [-0.3, -0.25) is 5.32 Å². The number of methoxy groups -OCH3 is 1. The molecule has 122 valence electrons. The number of amides is 1. The van der Waals surface area contributed by atoms with Crippen LogP contribution in [0.5, 0.6) is 5.75 Å². The second kappa shape index (κ2) is 6.78. The van der Waals surface area contributed by atoms with Gasteiger partial charge in [0.2, 0.25) is 0 Å². The molecule has 1 aliphatic rings. The van der Waals surface area contributed by atoms with Crippen LogP contribution >= 0.6 is 0 Å². The zero-order valence-electron chi connectivity index (χ0n) is 13.4. The van der Waals surface area contributed by atoms with Gasteiger partial charge in [0, 0.05) is 19.2 Å². The van der Waals surface area contributed by atoms with E-state index in [9.17, 15) is 4.79 Å². The molecule has 1 amide bonds. The fourth-order valence-electron chi connectivity index (χ4n) is 1.98. The van der Waals surface area contributed by atoms with Gasteiger partial charge in [0.25, 0.3) is 0 Å². The second-order valence-corrected chi connectivity index (χ2v) is 5.85. The molecule has 22 heavy (non-hydrogen) atoms. The van der Waals surface area contributed by atoms with E-state index >= 15 is 0 Å². The number of nitrogens with one attached hydrogen (secondary N) is 1. The van der Waals surface area contributed by atoms with Crippen LogP contribution in [-0.2, 0) is 9.47 Å². The second-order valence-electron chi connectivity index (χ2n) is 5.85. The molecule has 0 saturated carbocycles. The Hall–Kier alpha value is -2.09. The highest BCUT2D eigenvalue weighted by Gasteiger charge is 2.20. The van der Waals surface area contributed by atoms with Gasteiger partial charge in [-0.05, 0) is 20.8 Å². The van der Waals surface area contributed by atoms with Gasteiger partial charge in [-0.1, -0.05) is 0 Å². The molecular weight excluding hydrogens is 288 g/mol. The lowest BCUT2D eigenvalue weighted by atomic mass is 10.2. The van der Waals surface area contributed by atoms with Crippen molar-refractivity contribution >= 4 is 17.7 Å². The summed E-state index contributed by atoms with van der Waals surface area (Å²) in [7, 11) is 1.55. The van der Waals surface area contributed by atoms with E-state index in [4.69, 9.17) is 14.2 Å². The number of rotatable bonds is 3. The number of hydrogen-bond acceptors (Lipinski definition) is 7. The highest BCUT2D eigenvalue weighted by molar-refractivity contribution is 5.84. The van der Waals surface area contributed by atoms with E-state index in [1.165, 1.54) is 0 Å². The molecule has 1 aromatic rings. The molecule has 1 fully saturated rings. The molecule has 0 aromatic carbocycles. The summed E-state index contributed by atoms with van der Waals surface area (Å²) in [5.74, 6) is 1.46. The SMILES string of the molecule is COc1cc(NC(=O)OC(C)(C)C)nnc1N1CCOCC1. The van der Waals surface area contributed by atoms with Gasteiger partial charge in [0.05, 0.1) is 20.3 Å². The van der Waals surface area contributed by atoms with E-state index in [0.29, 0.717) is 24.8 Å². The summed E-state index contributed by atoms with van der Waals surface area (Å²) in [6, 6.07) is 1.63. The Balaban J connectivity index is 2.09. The lowest BCUT2D eigenvalue weighted by molar-refractivity contribution is 0.0635. The van der Waals surface area contributed by atoms with Crippen LogP contribution in [0.15, 0.2) is 6.07 Å². The third kappa shape index (κ3) is 4.45. The lowest BCUT2D eigenvalue weighted by Gasteiger charge is -2.28. The fourth-order valence-corrected chi connectivity index (χ4v) is 1.98. The molecule has 0 radical (unpaired) electrons. The van der Waals surface area contributed by atoms with Gasteiger partial charge in [-0.2, -0.15) is 0 Å². The predicted octanol–water partition coefficient (Wildman–Crippen LogP) is 1.67. The molecule has 1 aromatic heterocycles. The standard InChI is InChI=1S/C14H22N4O4/c1-14(2,3)22-13(19)15-11-9-10(20-4)12(17-16-11)18-5-7-21-8-6-18/h9H,5-8H2,1-4H3,(H,15,16,19). The van der Waals surface area contributed by atoms with Gasteiger partial charge >= 0.3 is 6.09 Å². The summed E-state index contributed by atoms with van der Waals surface area (Å²) in [5, 5.41) is 10.7. The summed E-state index contributed by atoms with van der Waals surface area (Å²) in [6.45, 7) is 8.11. The van der Waals surface area contributed by atoms with Crippen LogP contribution in [0.25, 0.3) is 0 Å². The Kier molecular flexibility index (Phi) is 5.02. The van der Waals surface area contributed by atoms with E-state index in [0.717, 1.165) is 13.1 Å². The number of aromatic nitrogens is 2. The van der Waals surface area contributed by atoms with Crippen molar-refractivity contribution in [1.29, 1.82) is 0 Å². The number of ether oxygens (including phenoxy) is 3. The van der Waals surface area contributed by atoms with Gasteiger partial charge in [0.15, 0.2) is 17.4 Å². The van der Waals surface area contributed by atoms with Crippen molar-refractivity contribution < 1.29 is 19.0 Å². The van der Waals surface area contributed by atoms with Crippen LogP contribution in [0.2, 0.25) is 0 Å². The minimum atomic E-state index is -0.581. The minimum Gasteiger partial charge on any atom is -0.493 e. The van der Waals surface area contributed by atoms with Crippen LogP contribution in [0.4, 0.5) is 16.4 Å². The van der Waals surface area contributed by atoms with Gasteiger partial charge < -0.3 is 19.1 Å². The number of carbonyl (C=O) groups is 1. The van der Waals surface area contributed by atoms with Crippen LogP contribution in [0.1, 0.15) is 20.8 Å². The van der Waals surface area contributed by atoms with Crippen LogP contribution < -0.4 is 15.0 Å². The van der Waals surface area contributed by atoms with Crippen LogP contribution in [0.3, 0.4) is 0 Å². The van der Waals surface area contributed by atoms with E-state index in [-0.39, 0.29) is 5.82 Å². The minimum absolute atomic E-state index is 0.281. The molecule has 8 nitrogen and oxygen atoms in total. The first-order valence-corrected chi connectivity index (χ1v) is 7.13. The smallest absolute Gasteiger partial charge is 0.413 e. The number of carbonyl (C=O) groups excluding carboxylic acids is 1. The van der Waals surface area contributed by atoms with Gasteiger partial charge in [-0.25, -0.2) is 4.79 Å². The third-order valence-electron chi connectivity index (χ3n) is 2.90. The first kappa shape index (κ1) is 16.3. The van der Waals surface area contributed by atoms with E-state index < -0.39 is 11.7 Å². The van der Waals surface area contributed by atoms with Crippen molar-refractivity contribution in [3.8, 4) is 5.75 Å². The molecule has 0 spiro atoms. The fraction of sp³-hybridized carbons (Fsp3) is 0.643. The van der Waals surface area contributed by atoms with Crippen molar-refractivity contribution in [3.05, 3.63) is 6.07 Å². The number of anilines is 2. The first-order valence-electron chi connectivity index (χ1n) is 7.13. The topological polar surface area (TPSA) is 85.8 Å². The number of morpholine rings is 1. The average Bonchev–Trinajstić information content (AvgIpc) is 2.46. The van der Waals surface area contributed by atoms with E-state index in [1.807, 2.05) is 4.90 Å². The molecule has 0 aliphatic carbocycles. The Morgan fingerprint density at radius 3 is 2.59 bits per heavy atom. The summed E-state index contributed by atoms with van der Waals surface area (Å²) >= 11 is 0. The molecule has 2 heterocycles. The molecule has 0 bridgehead atoms. The summed E-state index contributed by atoms with van der Waals surface area (Å²) in [6.07, 6.45) is -0.581. The van der Waals surface area contributed by atoms with Crippen molar-refractivity contribution in [2.24, 2.45) is 0 Å². The molecule has 2 rings (SSSR count). The molecule has 1 aliphatic heterocycles. The highest BCUT2D eigenvalue weighted by Crippen LogP contribution is 2.27. The van der Waals surface area contributed by atoms with Gasteiger partial charge in [0.1, 0.15) is 5.60 Å². The summed E-state index contributed by atoms with van der Waals surface area (Å²) in [5.41, 5.74) is -0.574. The first-order chi connectivity index (χ1) is 10.4. The maximum Gasteiger partial charge on any atom is 0.413 e. The van der Waals surface area contributed by atoms with Crippen LogP contribution in [0, 0.1) is 0 Å². The number of hydrogen-bond donors (Lipinski definition) is 1. The summed E-state index contributed by atoms with van der Waals surface area (Å²) < 4.78 is 15.8. The van der Waals surface area contributed by atoms with E-state index in [2.05, 4.69) is 15.5 Å². The molecule has 0 atom stereocenters. The molecular formula is C14H22N4O4. The zero-order valence-corrected chi connectivity index (χ0v) is 13.4. The lowest BCUT2D eigenvalue weighted by Crippen LogP contribution is -2.37. The van der Waals surface area contributed by atoms with Crippen molar-refractivity contribution in [3.63, 3.8) is 0 Å². The highest BCUT2D eigenvalue weighted by atomic mass is 16.6. The number of nitrogens with zero attached hydrogens (tertiary/aromatic N) is 3. The predicted molar refractivity (Wildman–Crippen MR) is 81.5 cm³/mol. The quantitative estimate of drug-likeness (QED) is 0.908. The Labute approximate surface area is 129 Å².